The highest BCUT2D eigenvalue weighted by Gasteiger charge is 2.25. The number of aromatic nitrogens is 2. The fourth-order valence-electron chi connectivity index (χ4n) is 3.85. The van der Waals surface area contributed by atoms with Gasteiger partial charge in [-0.2, -0.15) is 0 Å². The molecule has 1 amide bonds. The van der Waals surface area contributed by atoms with Gasteiger partial charge in [0.25, 0.3) is 0 Å². The second kappa shape index (κ2) is 12.3. The molecule has 1 aliphatic rings. The van der Waals surface area contributed by atoms with Crippen molar-refractivity contribution in [1.82, 2.24) is 14.9 Å². The van der Waals surface area contributed by atoms with E-state index in [4.69, 9.17) is 37.4 Å². The zero-order valence-electron chi connectivity index (χ0n) is 20.3. The minimum atomic E-state index is -0.413. The van der Waals surface area contributed by atoms with E-state index in [0.29, 0.717) is 63.6 Å². The molecule has 1 aliphatic heterocycles. The minimum absolute atomic E-state index is 0.0475. The highest BCUT2D eigenvalue weighted by atomic mass is 35.5. The molecule has 0 radical (unpaired) electrons. The maximum absolute atomic E-state index is 12.5. The summed E-state index contributed by atoms with van der Waals surface area (Å²) >= 11 is 12.1. The Labute approximate surface area is 223 Å². The number of halogens is 2. The number of ether oxygens (including phenoxy) is 4. The van der Waals surface area contributed by atoms with Crippen molar-refractivity contribution < 1.29 is 28.5 Å². The number of carbonyl (C=O) groups excluding carboxylic acids is 2. The topological polar surface area (TPSA) is 112 Å². The van der Waals surface area contributed by atoms with Gasteiger partial charge < -0.3 is 29.2 Å². The van der Waals surface area contributed by atoms with Crippen molar-refractivity contribution in [2.24, 2.45) is 0 Å². The van der Waals surface area contributed by atoms with Crippen molar-refractivity contribution in [3.8, 4) is 11.5 Å². The highest BCUT2D eigenvalue weighted by Crippen LogP contribution is 2.35. The second-order valence-corrected chi connectivity index (χ2v) is 9.03. The third-order valence-corrected chi connectivity index (χ3v) is 6.53. The van der Waals surface area contributed by atoms with Gasteiger partial charge in [-0.05, 0) is 24.3 Å². The summed E-state index contributed by atoms with van der Waals surface area (Å²) in [6, 6.07) is 8.75. The molecule has 1 fully saturated rings. The van der Waals surface area contributed by atoms with Crippen molar-refractivity contribution in [3.63, 3.8) is 0 Å². The summed E-state index contributed by atoms with van der Waals surface area (Å²) in [4.78, 5) is 34.2. The van der Waals surface area contributed by atoms with Crippen LogP contribution in [0, 0.1) is 0 Å². The van der Waals surface area contributed by atoms with Gasteiger partial charge in [-0.1, -0.05) is 23.2 Å². The molecule has 1 atom stereocenters. The van der Waals surface area contributed by atoms with Crippen molar-refractivity contribution in [2.45, 2.75) is 18.9 Å². The van der Waals surface area contributed by atoms with E-state index >= 15 is 0 Å². The van der Waals surface area contributed by atoms with Crippen LogP contribution in [0.15, 0.2) is 36.7 Å². The molecule has 2 heterocycles. The van der Waals surface area contributed by atoms with E-state index in [1.807, 2.05) is 0 Å². The fourth-order valence-corrected chi connectivity index (χ4v) is 4.14. The van der Waals surface area contributed by atoms with Crippen LogP contribution in [-0.2, 0) is 19.1 Å². The molecule has 12 heteroatoms. The maximum atomic E-state index is 12.5. The smallest absolute Gasteiger partial charge is 0.306 e. The van der Waals surface area contributed by atoms with Crippen molar-refractivity contribution in [2.75, 3.05) is 45.8 Å². The quantitative estimate of drug-likeness (QED) is 0.392. The molecule has 196 valence electrons. The number of nitrogens with one attached hydrogen (secondary N) is 1. The molecular weight excluding hydrogens is 523 g/mol. The first kappa shape index (κ1) is 26.7. The number of methoxy groups -OCH3 is 2. The normalized spacial score (nSPS) is 15.4. The van der Waals surface area contributed by atoms with Gasteiger partial charge in [-0.3, -0.25) is 9.59 Å². The molecule has 1 N–H and O–H groups in total. The average Bonchev–Trinajstić information content (AvgIpc) is 2.92. The Bertz CT molecular complexity index is 1290. The number of hydrogen-bond acceptors (Lipinski definition) is 9. The van der Waals surface area contributed by atoms with Crippen LogP contribution in [0.25, 0.3) is 10.9 Å². The summed E-state index contributed by atoms with van der Waals surface area (Å²) in [7, 11) is 2.84. The molecule has 10 nitrogen and oxygen atoms in total. The van der Waals surface area contributed by atoms with Crippen LogP contribution < -0.4 is 14.8 Å². The van der Waals surface area contributed by atoms with Crippen molar-refractivity contribution >= 4 is 57.5 Å². The lowest BCUT2D eigenvalue weighted by atomic mass is 10.2. The fraction of sp³-hybridized carbons (Fsp3) is 0.360. The van der Waals surface area contributed by atoms with Crippen LogP contribution >= 0.6 is 23.2 Å². The molecule has 1 saturated heterocycles. The first-order valence-electron chi connectivity index (χ1n) is 11.5. The maximum Gasteiger partial charge on any atom is 0.306 e. The number of nitrogens with zero attached hydrogens (tertiary/aromatic N) is 3. The Hall–Kier alpha value is -3.34. The van der Waals surface area contributed by atoms with Crippen molar-refractivity contribution in [3.05, 3.63) is 46.7 Å². The number of fused-ring (bicyclic) bond motifs is 1. The number of benzene rings is 2. The number of morpholine rings is 1. The first-order chi connectivity index (χ1) is 17.9. The standard InChI is InChI=1S/C25H26Cl2N4O6/c1-34-21-10-17-20(28-14-29-25(17)30-15-3-4-18(26)19(27)9-15)11-22(21)37-13-16-12-31(7-8-36-16)23(32)5-6-24(33)35-2/h3-4,9-11,14,16H,5-8,12-13H2,1-2H3,(H,28,29,30). The summed E-state index contributed by atoms with van der Waals surface area (Å²) < 4.78 is 22.0. The molecule has 4 rings (SSSR count). The molecule has 0 spiro atoms. The van der Waals surface area contributed by atoms with Gasteiger partial charge in [-0.15, -0.1) is 0 Å². The zero-order chi connectivity index (χ0) is 26.4. The molecule has 37 heavy (non-hydrogen) atoms. The van der Waals surface area contributed by atoms with Crippen molar-refractivity contribution in [1.29, 1.82) is 0 Å². The van der Waals surface area contributed by atoms with E-state index in [-0.39, 0.29) is 31.5 Å². The number of hydrogen-bond donors (Lipinski definition) is 1. The van der Waals surface area contributed by atoms with E-state index in [1.165, 1.54) is 13.4 Å². The lowest BCUT2D eigenvalue weighted by molar-refractivity contribution is -0.146. The predicted octanol–water partition coefficient (Wildman–Crippen LogP) is 4.25. The van der Waals surface area contributed by atoms with Crippen LogP contribution in [0.4, 0.5) is 11.5 Å². The van der Waals surface area contributed by atoms with E-state index in [0.717, 1.165) is 0 Å². The minimum Gasteiger partial charge on any atom is -0.493 e. The van der Waals surface area contributed by atoms with Gasteiger partial charge >= 0.3 is 5.97 Å². The Morgan fingerprint density at radius 3 is 2.70 bits per heavy atom. The number of amides is 1. The molecule has 1 unspecified atom stereocenters. The lowest BCUT2D eigenvalue weighted by Crippen LogP contribution is -2.47. The van der Waals surface area contributed by atoms with Crippen LogP contribution in [0.3, 0.4) is 0 Å². The molecular formula is C25H26Cl2N4O6. The summed E-state index contributed by atoms with van der Waals surface area (Å²) in [5.74, 6) is 0.989. The summed E-state index contributed by atoms with van der Waals surface area (Å²) in [5.41, 5.74) is 1.35. The summed E-state index contributed by atoms with van der Waals surface area (Å²) in [5, 5.41) is 4.83. The van der Waals surface area contributed by atoms with Crippen LogP contribution in [0.1, 0.15) is 12.8 Å². The van der Waals surface area contributed by atoms with E-state index in [2.05, 4.69) is 20.0 Å². The van der Waals surface area contributed by atoms with Crippen LogP contribution in [-0.4, -0.2) is 73.4 Å². The third-order valence-electron chi connectivity index (χ3n) is 5.79. The van der Waals surface area contributed by atoms with Gasteiger partial charge in [0, 0.05) is 30.1 Å². The Morgan fingerprint density at radius 1 is 1.11 bits per heavy atom. The van der Waals surface area contributed by atoms with E-state index in [9.17, 15) is 9.59 Å². The molecule has 0 bridgehead atoms. The highest BCUT2D eigenvalue weighted by molar-refractivity contribution is 6.42. The number of carbonyl (C=O) groups is 2. The lowest BCUT2D eigenvalue weighted by Gasteiger charge is -2.33. The molecule has 1 aromatic heterocycles. The largest absolute Gasteiger partial charge is 0.493 e. The second-order valence-electron chi connectivity index (χ2n) is 8.22. The molecule has 2 aromatic carbocycles. The monoisotopic (exact) mass is 548 g/mol. The molecule has 0 aliphatic carbocycles. The van der Waals surface area contributed by atoms with Gasteiger partial charge in [-0.25, -0.2) is 9.97 Å². The van der Waals surface area contributed by atoms with Gasteiger partial charge in [0.1, 0.15) is 24.9 Å². The Kier molecular flexibility index (Phi) is 8.86. The molecule has 3 aromatic rings. The SMILES string of the molecule is COC(=O)CCC(=O)N1CCOC(COc2cc3ncnc(Nc4ccc(Cl)c(Cl)c4)c3cc2OC)C1. The third kappa shape index (κ3) is 6.71. The van der Waals surface area contributed by atoms with Gasteiger partial charge in [0.2, 0.25) is 5.91 Å². The zero-order valence-corrected chi connectivity index (χ0v) is 21.8. The van der Waals surface area contributed by atoms with Crippen LogP contribution in [0.2, 0.25) is 10.0 Å². The number of rotatable bonds is 9. The van der Waals surface area contributed by atoms with E-state index in [1.54, 1.807) is 42.3 Å². The Balaban J connectivity index is 1.45. The summed E-state index contributed by atoms with van der Waals surface area (Å²) in [6.07, 6.45) is 1.25. The predicted molar refractivity (Wildman–Crippen MR) is 139 cm³/mol. The summed E-state index contributed by atoms with van der Waals surface area (Å²) in [6.45, 7) is 1.39. The number of anilines is 2. The van der Waals surface area contributed by atoms with Gasteiger partial charge in [0.05, 0.1) is 49.4 Å². The van der Waals surface area contributed by atoms with Crippen LogP contribution in [0.5, 0.6) is 11.5 Å². The first-order valence-corrected chi connectivity index (χ1v) is 12.3. The average molecular weight is 549 g/mol. The Morgan fingerprint density at radius 2 is 1.95 bits per heavy atom. The van der Waals surface area contributed by atoms with Gasteiger partial charge in [0.15, 0.2) is 11.5 Å². The number of esters is 1. The molecule has 0 saturated carbocycles. The van der Waals surface area contributed by atoms with E-state index < -0.39 is 5.97 Å².